The van der Waals surface area contributed by atoms with Crippen molar-refractivity contribution in [3.05, 3.63) is 34.9 Å². The number of fused-ring (bicyclic) bond motifs is 1. The maximum atomic E-state index is 13.1. The van der Waals surface area contributed by atoms with Gasteiger partial charge < -0.3 is 4.90 Å². The number of sulfonamides is 1. The van der Waals surface area contributed by atoms with Crippen LogP contribution in [0.3, 0.4) is 0 Å². The van der Waals surface area contributed by atoms with Gasteiger partial charge in [-0.1, -0.05) is 25.8 Å². The fraction of sp³-hybridized carbons (Fsp3) is 0.591. The average Bonchev–Trinajstić information content (AvgIpc) is 2.91. The summed E-state index contributed by atoms with van der Waals surface area (Å²) in [6.07, 6.45) is 8.67. The zero-order chi connectivity index (χ0) is 19.7. The smallest absolute Gasteiger partial charge is 0.250 e. The minimum atomic E-state index is -3.46. The summed E-state index contributed by atoms with van der Waals surface area (Å²) >= 11 is 0. The molecule has 0 aromatic heterocycles. The first-order valence-corrected chi connectivity index (χ1v) is 12.0. The Morgan fingerprint density at radius 3 is 2.36 bits per heavy atom. The van der Waals surface area contributed by atoms with Crippen LogP contribution in [-0.2, 0) is 21.2 Å². The average molecular weight is 403 g/mol. The second-order valence-corrected chi connectivity index (χ2v) is 10.4. The first-order valence-electron chi connectivity index (χ1n) is 10.6. The van der Waals surface area contributed by atoms with Crippen molar-refractivity contribution in [2.45, 2.75) is 56.8 Å². The van der Waals surface area contributed by atoms with Crippen LogP contribution >= 0.6 is 0 Å². The van der Waals surface area contributed by atoms with Gasteiger partial charge in [-0.3, -0.25) is 4.79 Å². The van der Waals surface area contributed by atoms with E-state index < -0.39 is 10.0 Å². The van der Waals surface area contributed by atoms with Gasteiger partial charge in [0.2, 0.25) is 15.9 Å². The standard InChI is InChI=1S/C22H30N2O3S/c1-17-8-12-23(13-9-17)22(25)20-14-18-6-7-21(16-19(18)15-20)28(26,27)24-10-4-2-3-5-11-24/h6-7,15-17H,2-5,8-14H2,1H3. The van der Waals surface area contributed by atoms with E-state index in [1.165, 1.54) is 0 Å². The highest BCUT2D eigenvalue weighted by Gasteiger charge is 2.29. The van der Waals surface area contributed by atoms with Gasteiger partial charge in [0.25, 0.3) is 0 Å². The summed E-state index contributed by atoms with van der Waals surface area (Å²) < 4.78 is 27.8. The molecular formula is C22H30N2O3S. The molecule has 0 N–H and O–H groups in total. The van der Waals surface area contributed by atoms with Crippen LogP contribution in [0.15, 0.2) is 28.7 Å². The Bertz CT molecular complexity index is 875. The van der Waals surface area contributed by atoms with Crippen molar-refractivity contribution in [2.75, 3.05) is 26.2 Å². The zero-order valence-corrected chi connectivity index (χ0v) is 17.5. The molecule has 28 heavy (non-hydrogen) atoms. The molecule has 152 valence electrons. The molecule has 1 aromatic carbocycles. The lowest BCUT2D eigenvalue weighted by Crippen LogP contribution is -2.38. The fourth-order valence-corrected chi connectivity index (χ4v) is 6.01. The predicted molar refractivity (Wildman–Crippen MR) is 110 cm³/mol. The Morgan fingerprint density at radius 2 is 1.68 bits per heavy atom. The van der Waals surface area contributed by atoms with Crippen LogP contribution in [0, 0.1) is 5.92 Å². The van der Waals surface area contributed by atoms with Gasteiger partial charge in [0, 0.05) is 38.2 Å². The quantitative estimate of drug-likeness (QED) is 0.778. The van der Waals surface area contributed by atoms with Crippen LogP contribution in [-0.4, -0.2) is 49.7 Å². The molecule has 1 amide bonds. The summed E-state index contributed by atoms with van der Waals surface area (Å²) in [4.78, 5) is 15.2. The third kappa shape index (κ3) is 3.90. The number of piperidine rings is 1. The number of likely N-dealkylation sites (tertiary alicyclic amines) is 1. The molecule has 3 aliphatic rings. The van der Waals surface area contributed by atoms with Crippen LogP contribution in [0.2, 0.25) is 0 Å². The molecule has 2 saturated heterocycles. The van der Waals surface area contributed by atoms with E-state index in [1.54, 1.807) is 16.4 Å². The maximum Gasteiger partial charge on any atom is 0.250 e. The summed E-state index contributed by atoms with van der Waals surface area (Å²) in [7, 11) is -3.46. The normalized spacial score (nSPS) is 21.9. The molecule has 4 rings (SSSR count). The molecule has 0 saturated carbocycles. The minimum absolute atomic E-state index is 0.111. The SMILES string of the molecule is CC1CCN(C(=O)C2=Cc3cc(S(=O)(=O)N4CCCCCC4)ccc3C2)CC1. The second kappa shape index (κ2) is 7.99. The Hall–Kier alpha value is -1.66. The molecule has 5 nitrogen and oxygen atoms in total. The van der Waals surface area contributed by atoms with Gasteiger partial charge >= 0.3 is 0 Å². The van der Waals surface area contributed by atoms with Gasteiger partial charge in [-0.05, 0) is 60.9 Å². The van der Waals surface area contributed by atoms with Crippen molar-refractivity contribution in [1.29, 1.82) is 0 Å². The van der Waals surface area contributed by atoms with Gasteiger partial charge in [-0.15, -0.1) is 0 Å². The van der Waals surface area contributed by atoms with Crippen LogP contribution in [0.25, 0.3) is 6.08 Å². The second-order valence-electron chi connectivity index (χ2n) is 8.50. The highest BCUT2D eigenvalue weighted by atomic mass is 32.2. The molecule has 6 heteroatoms. The van der Waals surface area contributed by atoms with Crippen molar-refractivity contribution in [1.82, 2.24) is 9.21 Å². The molecule has 2 aliphatic heterocycles. The molecule has 0 bridgehead atoms. The molecule has 0 unspecified atom stereocenters. The highest BCUT2D eigenvalue weighted by Crippen LogP contribution is 2.31. The number of nitrogens with zero attached hydrogens (tertiary/aromatic N) is 2. The molecule has 1 aliphatic carbocycles. The number of hydrogen-bond donors (Lipinski definition) is 0. The lowest BCUT2D eigenvalue weighted by atomic mass is 9.98. The molecule has 2 heterocycles. The minimum Gasteiger partial charge on any atom is -0.339 e. The lowest BCUT2D eigenvalue weighted by molar-refractivity contribution is -0.128. The van der Waals surface area contributed by atoms with Crippen LogP contribution < -0.4 is 0 Å². The molecular weight excluding hydrogens is 372 g/mol. The largest absolute Gasteiger partial charge is 0.339 e. The van der Waals surface area contributed by atoms with Crippen molar-refractivity contribution in [3.63, 3.8) is 0 Å². The topological polar surface area (TPSA) is 57.7 Å². The van der Waals surface area contributed by atoms with Gasteiger partial charge in [-0.25, -0.2) is 8.42 Å². The molecule has 0 atom stereocenters. The van der Waals surface area contributed by atoms with Gasteiger partial charge in [0.05, 0.1) is 4.90 Å². The summed E-state index contributed by atoms with van der Waals surface area (Å²) in [6.45, 7) is 5.09. The Morgan fingerprint density at radius 1 is 1.00 bits per heavy atom. The van der Waals surface area contributed by atoms with E-state index in [9.17, 15) is 13.2 Å². The maximum absolute atomic E-state index is 13.1. The van der Waals surface area contributed by atoms with Crippen LogP contribution in [0.5, 0.6) is 0 Å². The summed E-state index contributed by atoms with van der Waals surface area (Å²) in [5.74, 6) is 0.797. The number of carbonyl (C=O) groups is 1. The number of benzene rings is 1. The van der Waals surface area contributed by atoms with Crippen LogP contribution in [0.4, 0.5) is 0 Å². The van der Waals surface area contributed by atoms with E-state index in [0.717, 1.165) is 68.3 Å². The van der Waals surface area contributed by atoms with Crippen molar-refractivity contribution in [2.24, 2.45) is 5.92 Å². The molecule has 0 spiro atoms. The lowest BCUT2D eigenvalue weighted by Gasteiger charge is -2.30. The first-order chi connectivity index (χ1) is 13.4. The monoisotopic (exact) mass is 402 g/mol. The summed E-state index contributed by atoms with van der Waals surface area (Å²) in [5.41, 5.74) is 2.71. The van der Waals surface area contributed by atoms with E-state index in [2.05, 4.69) is 6.92 Å². The van der Waals surface area contributed by atoms with E-state index in [4.69, 9.17) is 0 Å². The van der Waals surface area contributed by atoms with Gasteiger partial charge in [0.1, 0.15) is 0 Å². The van der Waals surface area contributed by atoms with E-state index in [0.29, 0.717) is 30.3 Å². The van der Waals surface area contributed by atoms with E-state index >= 15 is 0 Å². The molecule has 0 radical (unpaired) electrons. The summed E-state index contributed by atoms with van der Waals surface area (Å²) in [5, 5.41) is 0. The Labute approximate surface area is 168 Å². The van der Waals surface area contributed by atoms with Gasteiger partial charge in [-0.2, -0.15) is 4.31 Å². The third-order valence-corrected chi connectivity index (χ3v) is 8.27. The number of amides is 1. The zero-order valence-electron chi connectivity index (χ0n) is 16.7. The number of carbonyl (C=O) groups excluding carboxylic acids is 1. The number of rotatable bonds is 3. The fourth-order valence-electron chi connectivity index (χ4n) is 4.46. The Balaban J connectivity index is 1.53. The van der Waals surface area contributed by atoms with Crippen molar-refractivity contribution in [3.8, 4) is 0 Å². The third-order valence-electron chi connectivity index (χ3n) is 6.38. The predicted octanol–water partition coefficient (Wildman–Crippen LogP) is 3.45. The van der Waals surface area contributed by atoms with E-state index in [1.807, 2.05) is 17.0 Å². The van der Waals surface area contributed by atoms with Gasteiger partial charge in [0.15, 0.2) is 0 Å². The first kappa shape index (κ1) is 19.6. The number of hydrogen-bond acceptors (Lipinski definition) is 3. The van der Waals surface area contributed by atoms with Crippen LogP contribution in [0.1, 0.15) is 56.6 Å². The van der Waals surface area contributed by atoms with Crippen molar-refractivity contribution >= 4 is 22.0 Å². The molecule has 1 aromatic rings. The summed E-state index contributed by atoms with van der Waals surface area (Å²) in [6, 6.07) is 5.35. The molecule has 2 fully saturated rings. The Kier molecular flexibility index (Phi) is 5.61. The van der Waals surface area contributed by atoms with E-state index in [-0.39, 0.29) is 5.91 Å². The van der Waals surface area contributed by atoms with Crippen molar-refractivity contribution < 1.29 is 13.2 Å². The highest BCUT2D eigenvalue weighted by molar-refractivity contribution is 7.89.